The van der Waals surface area contributed by atoms with Crippen molar-refractivity contribution in [2.45, 2.75) is 50.3 Å². The summed E-state index contributed by atoms with van der Waals surface area (Å²) in [6, 6.07) is 6.45. The Morgan fingerprint density at radius 2 is 2.15 bits per heavy atom. The van der Waals surface area contributed by atoms with Gasteiger partial charge in [0.05, 0.1) is 17.6 Å². The lowest BCUT2D eigenvalue weighted by molar-refractivity contribution is -0.118. The Kier molecular flexibility index (Phi) is 6.54. The summed E-state index contributed by atoms with van der Waals surface area (Å²) >= 11 is 9.33. The predicted octanol–water partition coefficient (Wildman–Crippen LogP) is 5.77. The van der Waals surface area contributed by atoms with E-state index in [1.54, 1.807) is 22.7 Å². The molecule has 1 atom stereocenters. The number of halogens is 2. The van der Waals surface area contributed by atoms with E-state index >= 15 is 4.39 Å². The number of carbonyl (C=O) groups excluding carboxylic acids is 1. The van der Waals surface area contributed by atoms with E-state index in [-0.39, 0.29) is 39.6 Å². The number of carbonyl (C=O) groups is 1. The quantitative estimate of drug-likeness (QED) is 0.517. The van der Waals surface area contributed by atoms with Gasteiger partial charge in [-0.05, 0) is 30.4 Å². The van der Waals surface area contributed by atoms with E-state index in [0.29, 0.717) is 22.8 Å². The number of anilines is 1. The lowest BCUT2D eigenvalue weighted by atomic mass is 9.68. The van der Waals surface area contributed by atoms with Crippen LogP contribution in [0, 0.1) is 22.6 Å². The third kappa shape index (κ3) is 4.27. The van der Waals surface area contributed by atoms with Gasteiger partial charge in [-0.15, -0.1) is 10.2 Å². The lowest BCUT2D eigenvalue weighted by Gasteiger charge is -2.42. The van der Waals surface area contributed by atoms with Crippen molar-refractivity contribution < 1.29 is 9.18 Å². The van der Waals surface area contributed by atoms with Crippen LogP contribution in [-0.2, 0) is 4.79 Å². The molecule has 0 saturated carbocycles. The van der Waals surface area contributed by atoms with Gasteiger partial charge in [-0.1, -0.05) is 61.5 Å². The van der Waals surface area contributed by atoms with E-state index < -0.39 is 11.7 Å². The Balaban J connectivity index is 1.96. The fourth-order valence-corrected chi connectivity index (χ4v) is 6.42. The predicted molar refractivity (Wildman–Crippen MR) is 129 cm³/mol. The van der Waals surface area contributed by atoms with Gasteiger partial charge in [-0.25, -0.2) is 4.39 Å². The molecule has 2 aliphatic rings. The molecule has 0 spiro atoms. The molecule has 172 valence electrons. The van der Waals surface area contributed by atoms with Crippen molar-refractivity contribution in [2.24, 2.45) is 11.1 Å². The first-order valence-corrected chi connectivity index (χ1v) is 12.7. The highest BCUT2D eigenvalue weighted by molar-refractivity contribution is 8.01. The van der Waals surface area contributed by atoms with Gasteiger partial charge in [0.1, 0.15) is 11.6 Å². The minimum absolute atomic E-state index is 0.0757. The fraction of sp³-hybridized carbons (Fsp3) is 0.391. The molecular weight excluding hydrogens is 481 g/mol. The number of ketones is 1. The highest BCUT2D eigenvalue weighted by Crippen LogP contribution is 2.52. The normalized spacial score (nSPS) is 20.2. The molecule has 1 aliphatic carbocycles. The van der Waals surface area contributed by atoms with E-state index in [1.807, 2.05) is 13.8 Å². The van der Waals surface area contributed by atoms with Gasteiger partial charge in [0.2, 0.25) is 5.13 Å². The summed E-state index contributed by atoms with van der Waals surface area (Å²) in [5.74, 6) is -0.688. The van der Waals surface area contributed by atoms with Crippen molar-refractivity contribution in [3.05, 3.63) is 57.3 Å². The maximum Gasteiger partial charge on any atom is 0.219 e. The zero-order valence-corrected chi connectivity index (χ0v) is 20.9. The number of nitrogens with two attached hydrogens (primary N) is 1. The Hall–Kier alpha value is -2.41. The van der Waals surface area contributed by atoms with E-state index in [9.17, 15) is 10.1 Å². The molecule has 1 aliphatic heterocycles. The molecule has 1 aromatic heterocycles. The second-order valence-electron chi connectivity index (χ2n) is 8.81. The van der Waals surface area contributed by atoms with Gasteiger partial charge < -0.3 is 5.73 Å². The van der Waals surface area contributed by atoms with Gasteiger partial charge >= 0.3 is 0 Å². The fourth-order valence-electron chi connectivity index (χ4n) is 4.34. The van der Waals surface area contributed by atoms with Crippen molar-refractivity contribution >= 4 is 45.6 Å². The van der Waals surface area contributed by atoms with Crippen molar-refractivity contribution in [1.82, 2.24) is 10.2 Å². The molecule has 2 aromatic rings. The van der Waals surface area contributed by atoms with Crippen molar-refractivity contribution in [1.29, 1.82) is 5.26 Å². The number of allylic oxidation sites excluding steroid dienone is 3. The van der Waals surface area contributed by atoms with Crippen LogP contribution in [-0.4, -0.2) is 21.7 Å². The molecule has 0 radical (unpaired) electrons. The topological polar surface area (TPSA) is 95.9 Å². The summed E-state index contributed by atoms with van der Waals surface area (Å²) in [5, 5.41) is 19.3. The standard InChI is InChI=1S/C23H23ClFN5OS2/c1-4-8-32-22-29-28-21(33-22)30-15-9-23(2,3)10-16(31)19(15)17(12(11-26)20(30)27)18-13(24)6-5-7-14(18)25/h5-7,17H,4,8-10,27H2,1-3H3. The van der Waals surface area contributed by atoms with E-state index in [0.717, 1.165) is 16.5 Å². The molecule has 0 fully saturated rings. The van der Waals surface area contributed by atoms with Crippen LogP contribution >= 0.6 is 34.7 Å². The number of hydrogen-bond acceptors (Lipinski definition) is 8. The molecule has 0 saturated heterocycles. The third-order valence-corrected chi connectivity index (χ3v) is 8.26. The number of benzene rings is 1. The van der Waals surface area contributed by atoms with Crippen LogP contribution in [0.3, 0.4) is 0 Å². The highest BCUT2D eigenvalue weighted by Gasteiger charge is 2.46. The summed E-state index contributed by atoms with van der Waals surface area (Å²) in [5.41, 5.74) is 7.35. The van der Waals surface area contributed by atoms with Crippen LogP contribution in [0.5, 0.6) is 0 Å². The second-order valence-corrected chi connectivity index (χ2v) is 11.5. The second kappa shape index (κ2) is 9.09. The third-order valence-electron chi connectivity index (χ3n) is 5.69. The summed E-state index contributed by atoms with van der Waals surface area (Å²) < 4.78 is 15.8. The van der Waals surface area contributed by atoms with Gasteiger partial charge in [-0.2, -0.15) is 5.26 Å². The van der Waals surface area contributed by atoms with E-state index in [2.05, 4.69) is 23.2 Å². The zero-order chi connectivity index (χ0) is 23.9. The van der Waals surface area contributed by atoms with Gasteiger partial charge in [0.15, 0.2) is 10.1 Å². The molecule has 6 nitrogen and oxygen atoms in total. The molecule has 2 N–H and O–H groups in total. The maximum absolute atomic E-state index is 15.0. The van der Waals surface area contributed by atoms with Crippen LogP contribution < -0.4 is 10.6 Å². The van der Waals surface area contributed by atoms with Crippen LogP contribution in [0.25, 0.3) is 0 Å². The number of hydrogen-bond donors (Lipinski definition) is 1. The van der Waals surface area contributed by atoms with Crippen LogP contribution in [0.2, 0.25) is 5.02 Å². The first kappa shape index (κ1) is 23.7. The zero-order valence-electron chi connectivity index (χ0n) is 18.5. The number of Topliss-reactive ketones (excluding diaryl/α,β-unsaturated/α-hetero) is 1. The molecule has 10 heteroatoms. The van der Waals surface area contributed by atoms with Crippen LogP contribution in [0.15, 0.2) is 45.2 Å². The maximum atomic E-state index is 15.0. The van der Waals surface area contributed by atoms with Gasteiger partial charge in [0.25, 0.3) is 0 Å². The van der Waals surface area contributed by atoms with E-state index in [4.69, 9.17) is 17.3 Å². The molecular formula is C23H23ClFN5OS2. The van der Waals surface area contributed by atoms with Gasteiger partial charge in [-0.3, -0.25) is 9.69 Å². The van der Waals surface area contributed by atoms with Crippen molar-refractivity contribution in [3.63, 3.8) is 0 Å². The summed E-state index contributed by atoms with van der Waals surface area (Å²) in [6.07, 6.45) is 1.77. The smallest absolute Gasteiger partial charge is 0.219 e. The molecule has 0 bridgehead atoms. The average Bonchev–Trinajstić information content (AvgIpc) is 3.19. The molecule has 2 heterocycles. The minimum Gasteiger partial charge on any atom is -0.384 e. The molecule has 33 heavy (non-hydrogen) atoms. The van der Waals surface area contributed by atoms with Gasteiger partial charge in [0, 0.05) is 34.0 Å². The van der Waals surface area contributed by atoms with Crippen molar-refractivity contribution in [3.8, 4) is 6.07 Å². The summed E-state index contributed by atoms with van der Waals surface area (Å²) in [4.78, 5) is 15.1. The largest absolute Gasteiger partial charge is 0.384 e. The summed E-state index contributed by atoms with van der Waals surface area (Å²) in [7, 11) is 0. The number of nitrogens with zero attached hydrogens (tertiary/aromatic N) is 4. The van der Waals surface area contributed by atoms with Crippen LogP contribution in [0.1, 0.15) is 51.5 Å². The molecule has 4 rings (SSSR count). The first-order valence-electron chi connectivity index (χ1n) is 10.5. The Morgan fingerprint density at radius 1 is 1.39 bits per heavy atom. The molecule has 1 aromatic carbocycles. The highest BCUT2D eigenvalue weighted by atomic mass is 35.5. The molecule has 1 unspecified atom stereocenters. The van der Waals surface area contributed by atoms with Crippen LogP contribution in [0.4, 0.5) is 9.52 Å². The summed E-state index contributed by atoms with van der Waals surface area (Å²) in [6.45, 7) is 6.08. The SMILES string of the molecule is CCCSc1nnc(N2C(N)=C(C#N)C(c3c(F)cccc3Cl)C3=C2CC(C)(C)CC3=O)s1. The number of rotatable bonds is 5. The Bertz CT molecular complexity index is 1210. The number of thioether (sulfide) groups is 1. The first-order chi connectivity index (χ1) is 15.7. The minimum atomic E-state index is -0.972. The Labute approximate surface area is 205 Å². The number of aromatic nitrogens is 2. The van der Waals surface area contributed by atoms with Crippen molar-refractivity contribution in [2.75, 3.05) is 10.7 Å². The monoisotopic (exact) mass is 503 g/mol. The average molecular weight is 504 g/mol. The lowest BCUT2D eigenvalue weighted by Crippen LogP contribution is -2.42. The number of nitriles is 1. The van der Waals surface area contributed by atoms with E-state index in [1.165, 1.54) is 23.5 Å². The molecule has 0 amide bonds. The Morgan fingerprint density at radius 3 is 2.82 bits per heavy atom.